The van der Waals surface area contributed by atoms with Crippen molar-refractivity contribution >= 4 is 17.7 Å². The van der Waals surface area contributed by atoms with Gasteiger partial charge in [0.1, 0.15) is 11.5 Å². The number of carbonyl (C=O) groups excluding carboxylic acids is 2. The summed E-state index contributed by atoms with van der Waals surface area (Å²) in [7, 11) is 3.06. The predicted molar refractivity (Wildman–Crippen MR) is 106 cm³/mol. The van der Waals surface area contributed by atoms with E-state index >= 15 is 0 Å². The Hall–Kier alpha value is -3.55. The Labute approximate surface area is 177 Å². The van der Waals surface area contributed by atoms with Crippen LogP contribution in [0, 0.1) is 17.7 Å². The lowest BCUT2D eigenvalue weighted by Crippen LogP contribution is -2.37. The zero-order valence-electron chi connectivity index (χ0n) is 16.9. The van der Waals surface area contributed by atoms with Gasteiger partial charge in [0.05, 0.1) is 24.5 Å². The molecule has 0 aliphatic carbocycles. The number of likely N-dealkylation sites (tertiary alicyclic amines) is 1. The van der Waals surface area contributed by atoms with Gasteiger partial charge in [-0.2, -0.15) is 0 Å². The standard InChI is InChI=1S/C21H21FN4O5/c1-26-9-7-21(30,20(26)29)6-5-13-3-4-15(22)14(11-13)16-12-24-18(23-8-10-31-2)17(25-16)19(27)28/h3-4,11-12,30H,7-10H2,1-2H3,(H,23,24)(H,27,28)/p-1/t21-/m0/s1. The first-order valence-corrected chi connectivity index (χ1v) is 9.37. The number of carboxylic acid groups (broad SMARTS) is 1. The highest BCUT2D eigenvalue weighted by Crippen LogP contribution is 2.25. The zero-order chi connectivity index (χ0) is 22.6. The zero-order valence-corrected chi connectivity index (χ0v) is 16.9. The fraction of sp³-hybridized carbons (Fsp3) is 0.333. The van der Waals surface area contributed by atoms with Crippen LogP contribution < -0.4 is 10.4 Å². The third-order valence-electron chi connectivity index (χ3n) is 4.73. The third-order valence-corrected chi connectivity index (χ3v) is 4.73. The van der Waals surface area contributed by atoms with Crippen LogP contribution in [0.4, 0.5) is 10.2 Å². The van der Waals surface area contributed by atoms with Crippen molar-refractivity contribution in [3.63, 3.8) is 0 Å². The van der Waals surface area contributed by atoms with Crippen molar-refractivity contribution < 1.29 is 28.9 Å². The van der Waals surface area contributed by atoms with E-state index in [-0.39, 0.29) is 23.5 Å². The number of likely N-dealkylation sites (N-methyl/N-ethyl adjacent to an activating group) is 1. The van der Waals surface area contributed by atoms with Crippen LogP contribution in [0.3, 0.4) is 0 Å². The maximum absolute atomic E-state index is 14.4. The van der Waals surface area contributed by atoms with Gasteiger partial charge in [-0.1, -0.05) is 11.8 Å². The minimum atomic E-state index is -1.79. The van der Waals surface area contributed by atoms with Crippen LogP contribution in [0.25, 0.3) is 11.3 Å². The maximum atomic E-state index is 14.4. The van der Waals surface area contributed by atoms with Crippen LogP contribution in [-0.4, -0.2) is 71.3 Å². The molecular weight excluding hydrogens is 407 g/mol. The second-order valence-electron chi connectivity index (χ2n) is 6.94. The summed E-state index contributed by atoms with van der Waals surface area (Å²) in [6.45, 7) is 0.988. The average molecular weight is 427 g/mol. The number of carbonyl (C=O) groups is 2. The molecule has 0 spiro atoms. The summed E-state index contributed by atoms with van der Waals surface area (Å²) >= 11 is 0. The number of hydrogen-bond acceptors (Lipinski definition) is 8. The second-order valence-corrected chi connectivity index (χ2v) is 6.94. The SMILES string of the molecule is COCCNc1ncc(-c2cc(C#C[C@]3(O)CCN(C)C3=O)ccc2F)nc1C(=O)[O-]. The van der Waals surface area contributed by atoms with E-state index < -0.39 is 29.0 Å². The number of ether oxygens (including phenoxy) is 1. The van der Waals surface area contributed by atoms with E-state index in [0.717, 1.165) is 6.07 Å². The molecule has 0 saturated carbocycles. The lowest BCUT2D eigenvalue weighted by Gasteiger charge is -2.13. The number of nitrogens with one attached hydrogen (secondary N) is 1. The molecule has 0 radical (unpaired) electrons. The van der Waals surface area contributed by atoms with Crippen LogP contribution in [0.1, 0.15) is 22.5 Å². The van der Waals surface area contributed by atoms with Crippen molar-refractivity contribution in [3.05, 3.63) is 41.5 Å². The largest absolute Gasteiger partial charge is 0.543 e. The topological polar surface area (TPSA) is 128 Å². The molecule has 0 bridgehead atoms. The molecule has 31 heavy (non-hydrogen) atoms. The van der Waals surface area contributed by atoms with E-state index in [1.807, 2.05) is 0 Å². The minimum absolute atomic E-state index is 0.0248. The number of aromatic carboxylic acids is 1. The molecule has 2 heterocycles. The van der Waals surface area contributed by atoms with E-state index in [1.165, 1.54) is 30.3 Å². The summed E-state index contributed by atoms with van der Waals surface area (Å²) in [5, 5.41) is 24.6. The van der Waals surface area contributed by atoms with Crippen molar-refractivity contribution in [2.45, 2.75) is 12.0 Å². The smallest absolute Gasteiger partial charge is 0.267 e. The molecule has 0 unspecified atom stereocenters. The van der Waals surface area contributed by atoms with Gasteiger partial charge in [0.15, 0.2) is 5.82 Å². The number of benzene rings is 1. The normalized spacial score (nSPS) is 17.9. The molecule has 1 aromatic heterocycles. The summed E-state index contributed by atoms with van der Waals surface area (Å²) in [4.78, 5) is 32.9. The summed E-state index contributed by atoms with van der Waals surface area (Å²) in [6.07, 6.45) is 1.39. The first kappa shape index (κ1) is 22.1. The number of nitrogens with zero attached hydrogens (tertiary/aromatic N) is 3. The molecule has 1 amide bonds. The number of anilines is 1. The summed E-state index contributed by atoms with van der Waals surface area (Å²) in [5.41, 5.74) is -2.02. The number of carboxylic acids is 1. The number of rotatable bonds is 6. The Morgan fingerprint density at radius 2 is 2.26 bits per heavy atom. The fourth-order valence-corrected chi connectivity index (χ4v) is 3.01. The Kier molecular flexibility index (Phi) is 6.48. The van der Waals surface area contributed by atoms with E-state index in [0.29, 0.717) is 25.3 Å². The molecule has 10 heteroatoms. The van der Waals surface area contributed by atoms with Crippen molar-refractivity contribution in [2.24, 2.45) is 0 Å². The molecule has 1 aliphatic rings. The van der Waals surface area contributed by atoms with Crippen LogP contribution in [0.15, 0.2) is 24.4 Å². The molecule has 162 valence electrons. The van der Waals surface area contributed by atoms with Crippen molar-refractivity contribution in [1.82, 2.24) is 14.9 Å². The van der Waals surface area contributed by atoms with Gasteiger partial charge < -0.3 is 30.0 Å². The van der Waals surface area contributed by atoms with E-state index in [9.17, 15) is 24.2 Å². The van der Waals surface area contributed by atoms with Crippen molar-refractivity contribution in [3.8, 4) is 23.1 Å². The molecule has 9 nitrogen and oxygen atoms in total. The van der Waals surface area contributed by atoms with Crippen LogP contribution in [0.2, 0.25) is 0 Å². The van der Waals surface area contributed by atoms with Gasteiger partial charge in [-0.15, -0.1) is 0 Å². The number of amides is 1. The highest BCUT2D eigenvalue weighted by Gasteiger charge is 2.42. The molecule has 1 fully saturated rings. The molecule has 1 aromatic carbocycles. The first-order valence-electron chi connectivity index (χ1n) is 9.37. The quantitative estimate of drug-likeness (QED) is 0.473. The monoisotopic (exact) mass is 427 g/mol. The average Bonchev–Trinajstić information content (AvgIpc) is 3.01. The summed E-state index contributed by atoms with van der Waals surface area (Å²) in [5.74, 6) is 2.47. The van der Waals surface area contributed by atoms with Gasteiger partial charge in [-0.3, -0.25) is 4.79 Å². The number of aliphatic hydroxyl groups is 1. The summed E-state index contributed by atoms with van der Waals surface area (Å²) < 4.78 is 19.3. The molecule has 1 atom stereocenters. The molecule has 2 aromatic rings. The van der Waals surface area contributed by atoms with Crippen LogP contribution in [0.5, 0.6) is 0 Å². The molecule has 2 N–H and O–H groups in total. The van der Waals surface area contributed by atoms with Gasteiger partial charge in [0, 0.05) is 44.8 Å². The predicted octanol–water partition coefficient (Wildman–Crippen LogP) is -0.351. The Morgan fingerprint density at radius 1 is 1.48 bits per heavy atom. The third kappa shape index (κ3) is 4.79. The van der Waals surface area contributed by atoms with E-state index in [2.05, 4.69) is 27.1 Å². The van der Waals surface area contributed by atoms with E-state index in [4.69, 9.17) is 4.74 Å². The Morgan fingerprint density at radius 3 is 2.90 bits per heavy atom. The van der Waals surface area contributed by atoms with Gasteiger partial charge in [0.25, 0.3) is 5.91 Å². The molecule has 3 rings (SSSR count). The lowest BCUT2D eigenvalue weighted by atomic mass is 10.0. The number of methoxy groups -OCH3 is 1. The molecular formula is C21H20FN4O5-. The van der Waals surface area contributed by atoms with Crippen LogP contribution >= 0.6 is 0 Å². The van der Waals surface area contributed by atoms with Gasteiger partial charge in [-0.25, -0.2) is 14.4 Å². The van der Waals surface area contributed by atoms with Gasteiger partial charge in [0.2, 0.25) is 5.60 Å². The number of hydrogen-bond donors (Lipinski definition) is 2. The van der Waals surface area contributed by atoms with E-state index in [1.54, 1.807) is 7.05 Å². The first-order chi connectivity index (χ1) is 14.7. The lowest BCUT2D eigenvalue weighted by molar-refractivity contribution is -0.255. The highest BCUT2D eigenvalue weighted by molar-refractivity contribution is 5.91. The highest BCUT2D eigenvalue weighted by atomic mass is 19.1. The van der Waals surface area contributed by atoms with Gasteiger partial charge >= 0.3 is 0 Å². The fourth-order valence-electron chi connectivity index (χ4n) is 3.01. The Balaban J connectivity index is 1.94. The number of halogens is 1. The second kappa shape index (κ2) is 9.07. The van der Waals surface area contributed by atoms with Gasteiger partial charge in [-0.05, 0) is 18.2 Å². The van der Waals surface area contributed by atoms with Crippen molar-refractivity contribution in [1.29, 1.82) is 0 Å². The minimum Gasteiger partial charge on any atom is -0.543 e. The summed E-state index contributed by atoms with van der Waals surface area (Å²) in [6, 6.07) is 3.86. The molecule has 1 saturated heterocycles. The molecule has 1 aliphatic heterocycles. The number of aromatic nitrogens is 2. The van der Waals surface area contributed by atoms with Crippen molar-refractivity contribution in [2.75, 3.05) is 39.2 Å². The Bertz CT molecular complexity index is 1080. The van der Waals surface area contributed by atoms with Crippen LogP contribution in [-0.2, 0) is 9.53 Å². The maximum Gasteiger partial charge on any atom is 0.267 e.